The highest BCUT2D eigenvalue weighted by Gasteiger charge is 2.36. The molecule has 5 aromatic carbocycles. The Bertz CT molecular complexity index is 2740. The van der Waals surface area contributed by atoms with Crippen LogP contribution >= 0.6 is 49.0 Å². The van der Waals surface area contributed by atoms with Gasteiger partial charge in [0.15, 0.2) is 0 Å². The summed E-state index contributed by atoms with van der Waals surface area (Å²) < 4.78 is 39.4. The summed E-state index contributed by atoms with van der Waals surface area (Å²) in [5.41, 5.74) is 3.66. The maximum absolute atomic E-state index is 13.9. The van der Waals surface area contributed by atoms with Gasteiger partial charge in [-0.1, -0.05) is 73.7 Å². The zero-order valence-corrected chi connectivity index (χ0v) is 38.6. The van der Waals surface area contributed by atoms with Crippen LogP contribution in [0.5, 0.6) is 11.5 Å². The van der Waals surface area contributed by atoms with Crippen LogP contribution in [-0.2, 0) is 18.7 Å². The molecule has 2 aliphatic rings. The Morgan fingerprint density at radius 3 is 1.97 bits per heavy atom. The molecule has 0 bridgehead atoms. The average molecular weight is 971 g/mol. The van der Waals surface area contributed by atoms with E-state index < -0.39 is 33.9 Å². The van der Waals surface area contributed by atoms with Gasteiger partial charge in [0.1, 0.15) is 24.3 Å². The zero-order chi connectivity index (χ0) is 45.2. The van der Waals surface area contributed by atoms with Gasteiger partial charge in [-0.3, -0.25) is 39.8 Å². The SMILES string of the molecule is CC(COC(=O)Nc1cc(/C=C/C(=O)N2C[C@@H](CCl)c3c2cc(OP(=O)(O)O)c2ccccc32)ccc1/C=C/C(O)N1C[C@@H](CCl)c2c1cc(OP(=O)(O)O)c1ccccc21)[S][Al]. The summed E-state index contributed by atoms with van der Waals surface area (Å²) in [4.78, 5) is 68.7. The number of carbonyl (C=O) groups excluding carboxylic acids is 2. The number of ether oxygens (including phenoxy) is 1. The van der Waals surface area contributed by atoms with Crippen molar-refractivity contribution >= 4 is 127 Å². The maximum atomic E-state index is 13.9. The van der Waals surface area contributed by atoms with Crippen molar-refractivity contribution < 1.29 is 57.2 Å². The molecule has 0 aromatic heterocycles. The number of nitrogens with one attached hydrogen (secondary N) is 1. The normalized spacial score (nSPS) is 17.3. The van der Waals surface area contributed by atoms with Gasteiger partial charge in [-0.25, -0.2) is 13.9 Å². The van der Waals surface area contributed by atoms with E-state index in [1.165, 1.54) is 39.3 Å². The molecule has 0 aliphatic carbocycles. The predicted octanol–water partition coefficient (Wildman–Crippen LogP) is 8.25. The molecule has 2 radical (unpaired) electrons. The summed E-state index contributed by atoms with van der Waals surface area (Å²) in [6, 6.07) is 21.8. The molecule has 15 nitrogen and oxygen atoms in total. The van der Waals surface area contributed by atoms with Gasteiger partial charge in [0.2, 0.25) is 15.2 Å². The molecule has 328 valence electrons. The first-order chi connectivity index (χ1) is 30.0. The van der Waals surface area contributed by atoms with E-state index >= 15 is 0 Å². The lowest BCUT2D eigenvalue weighted by Crippen LogP contribution is -2.32. The Hall–Kier alpha value is -4.04. The summed E-state index contributed by atoms with van der Waals surface area (Å²) in [5, 5.41) is 16.6. The molecule has 2 aliphatic heterocycles. The maximum Gasteiger partial charge on any atom is 0.524 e. The van der Waals surface area contributed by atoms with Crippen LogP contribution in [-0.4, -0.2) is 94.8 Å². The Morgan fingerprint density at radius 1 is 0.841 bits per heavy atom. The Balaban J connectivity index is 1.19. The minimum atomic E-state index is -4.95. The number of hydrogen-bond donors (Lipinski definition) is 6. The van der Waals surface area contributed by atoms with Crippen LogP contribution in [0.4, 0.5) is 21.9 Å². The number of rotatable bonds is 15. The van der Waals surface area contributed by atoms with Crippen molar-refractivity contribution in [3.63, 3.8) is 0 Å². The second kappa shape index (κ2) is 19.6. The summed E-state index contributed by atoms with van der Waals surface area (Å²) in [6.07, 6.45) is 3.95. The van der Waals surface area contributed by atoms with Crippen molar-refractivity contribution in [1.29, 1.82) is 0 Å². The molecule has 6 N–H and O–H groups in total. The number of aliphatic hydroxyl groups is 1. The first-order valence-corrected chi connectivity index (χ1v) is 25.8. The lowest BCUT2D eigenvalue weighted by atomic mass is 9.95. The van der Waals surface area contributed by atoms with Gasteiger partial charge >= 0.3 is 21.7 Å². The third-order valence-corrected chi connectivity index (χ3v) is 14.2. The molecule has 2 heterocycles. The standard InChI is InChI=1S/C42H41Cl2N3O12P2S.Al/c1-24(62)23-57-42(50)45-33-16-25(11-14-38(48)46-21-27(19-43)40-31-8-4-2-6-29(31)36(17-34(40)46)58-60(51,52)53)10-12-26(33)13-15-39(49)47-22-28(20-44)41-32-9-5-3-7-30(32)37(18-35(41)47)59-61(54,55)56;/h2-18,24,27-28,39,49,62H,19-23H2,1H3,(H,45,50)(H2,51,52,53)(H2,54,55,56);/q;+1/p-1/b14-11+,15-13+;/t24?,27-,28-,39?;/m1./s1. The highest BCUT2D eigenvalue weighted by molar-refractivity contribution is 8.20. The number of hydrogen-bond acceptors (Lipinski definition) is 10. The molecular weight excluding hydrogens is 930 g/mol. The highest BCUT2D eigenvalue weighted by Crippen LogP contribution is 2.51. The van der Waals surface area contributed by atoms with Gasteiger partial charge in [-0.15, -0.1) is 23.2 Å². The fourth-order valence-corrected chi connectivity index (χ4v) is 9.54. The van der Waals surface area contributed by atoms with E-state index in [1.807, 2.05) is 6.92 Å². The van der Waals surface area contributed by atoms with Crippen molar-refractivity contribution in [1.82, 2.24) is 0 Å². The van der Waals surface area contributed by atoms with Gasteiger partial charge in [0.05, 0.1) is 11.4 Å². The molecule has 0 fully saturated rings. The van der Waals surface area contributed by atoms with E-state index in [1.54, 1.807) is 83.8 Å². The summed E-state index contributed by atoms with van der Waals surface area (Å²) in [6.45, 7) is 2.48. The molecule has 0 saturated carbocycles. The number of halogens is 2. The number of phosphoric ester groups is 2. The zero-order valence-electron chi connectivity index (χ0n) is 33.3. The minimum absolute atomic E-state index is 0.00744. The highest BCUT2D eigenvalue weighted by atomic mass is 35.5. The first kappa shape index (κ1) is 46.9. The quantitative estimate of drug-likeness (QED) is 0.0252. The molecule has 2 amide bonds. The largest absolute Gasteiger partial charge is 0.524 e. The smallest absolute Gasteiger partial charge is 0.448 e. The molecule has 5 aromatic rings. The first-order valence-electron chi connectivity index (χ1n) is 19.3. The van der Waals surface area contributed by atoms with Crippen LogP contribution < -0.4 is 24.2 Å². The van der Waals surface area contributed by atoms with Crippen LogP contribution in [0.2, 0.25) is 0 Å². The number of amides is 2. The minimum Gasteiger partial charge on any atom is -0.448 e. The Kier molecular flexibility index (Phi) is 14.6. The second-order valence-corrected chi connectivity index (χ2v) is 19.6. The van der Waals surface area contributed by atoms with E-state index in [-0.39, 0.29) is 65.7 Å². The van der Waals surface area contributed by atoms with Crippen molar-refractivity contribution in [2.45, 2.75) is 30.2 Å². The van der Waals surface area contributed by atoms with E-state index in [2.05, 4.69) is 20.5 Å². The van der Waals surface area contributed by atoms with Crippen LogP contribution in [0.3, 0.4) is 0 Å². The van der Waals surface area contributed by atoms with Crippen molar-refractivity contribution in [2.75, 3.05) is 46.6 Å². The van der Waals surface area contributed by atoms with Gasteiger partial charge in [0, 0.05) is 76.6 Å². The lowest BCUT2D eigenvalue weighted by Gasteiger charge is -2.25. The Labute approximate surface area is 383 Å². The molecular formula is C42H40AlCl2N3O12P2S. The number of alkyl halides is 2. The van der Waals surface area contributed by atoms with E-state index in [4.69, 9.17) is 37.0 Å². The number of carbonyl (C=O) groups is 2. The van der Waals surface area contributed by atoms with Gasteiger partial charge in [-0.2, -0.15) is 0 Å². The predicted molar refractivity (Wildman–Crippen MR) is 248 cm³/mol. The van der Waals surface area contributed by atoms with E-state index in [0.717, 1.165) is 11.1 Å². The number of anilines is 3. The van der Waals surface area contributed by atoms with E-state index in [9.17, 15) is 43.4 Å². The molecule has 7 rings (SSSR count). The number of benzene rings is 5. The van der Waals surface area contributed by atoms with Gasteiger partial charge < -0.3 is 28.7 Å². The molecule has 63 heavy (non-hydrogen) atoms. The second-order valence-electron chi connectivity index (χ2n) is 14.8. The van der Waals surface area contributed by atoms with Gasteiger partial charge in [0.25, 0.3) is 5.91 Å². The molecule has 4 atom stereocenters. The van der Waals surface area contributed by atoms with Gasteiger partial charge in [-0.05, 0) is 51.2 Å². The summed E-state index contributed by atoms with van der Waals surface area (Å²) in [7, 11) is -8.46. The monoisotopic (exact) mass is 969 g/mol. The number of phosphoric acid groups is 2. The summed E-state index contributed by atoms with van der Waals surface area (Å²) in [5.74, 6) is -0.752. The fourth-order valence-electron chi connectivity index (χ4n) is 7.84. The van der Waals surface area contributed by atoms with Crippen LogP contribution in [0.1, 0.15) is 41.0 Å². The molecule has 21 heteroatoms. The third kappa shape index (κ3) is 10.7. The number of fused-ring (bicyclic) bond motifs is 6. The third-order valence-electron chi connectivity index (χ3n) is 10.5. The fraction of sp³-hybridized carbons (Fsp3) is 0.238. The topological polar surface area (TPSA) is 216 Å². The molecule has 0 spiro atoms. The van der Waals surface area contributed by atoms with Crippen LogP contribution in [0.15, 0.2) is 91.0 Å². The lowest BCUT2D eigenvalue weighted by molar-refractivity contribution is -0.114. The number of aliphatic hydroxyl groups excluding tert-OH is 1. The van der Waals surface area contributed by atoms with Crippen molar-refractivity contribution in [3.05, 3.63) is 113 Å². The Morgan fingerprint density at radius 2 is 1.40 bits per heavy atom. The average Bonchev–Trinajstić information content (AvgIpc) is 3.82. The number of nitrogens with zero attached hydrogens (tertiary/aromatic N) is 2. The molecule has 0 saturated heterocycles. The van der Waals surface area contributed by atoms with E-state index in [0.29, 0.717) is 44.0 Å². The van der Waals surface area contributed by atoms with Crippen molar-refractivity contribution in [2.24, 2.45) is 0 Å². The van der Waals surface area contributed by atoms with Crippen molar-refractivity contribution in [3.8, 4) is 11.5 Å². The van der Waals surface area contributed by atoms with Crippen LogP contribution in [0.25, 0.3) is 33.7 Å². The summed E-state index contributed by atoms with van der Waals surface area (Å²) >= 11 is 15.3. The van der Waals surface area contributed by atoms with Crippen LogP contribution in [0, 0.1) is 0 Å². The molecule has 2 unspecified atom stereocenters.